The lowest BCUT2D eigenvalue weighted by atomic mass is 10.3. The Morgan fingerprint density at radius 2 is 2.17 bits per heavy atom. The molecule has 1 rings (SSSR count). The van der Waals surface area contributed by atoms with Crippen LogP contribution in [0.1, 0.15) is 17.6 Å². The maximum Gasteiger partial charge on any atom is 0.317 e. The average Bonchev–Trinajstić information content (AvgIpc) is 2.73. The lowest BCUT2D eigenvalue weighted by Gasteiger charge is -2.21. The normalized spacial score (nSPS) is 11.4. The molecule has 102 valence electrons. The second kappa shape index (κ2) is 7.45. The summed E-state index contributed by atoms with van der Waals surface area (Å²) in [6.45, 7) is 4.32. The van der Waals surface area contributed by atoms with Gasteiger partial charge in [0, 0.05) is 25.0 Å². The van der Waals surface area contributed by atoms with Crippen LogP contribution in [0.4, 0.5) is 0 Å². The van der Waals surface area contributed by atoms with Crippen molar-refractivity contribution < 1.29 is 9.90 Å². The van der Waals surface area contributed by atoms with Gasteiger partial charge in [-0.15, -0.1) is 11.3 Å². The Balaban J connectivity index is 2.56. The number of aliphatic carboxylic acids is 1. The molecular formula is C12H21N3O2S. The van der Waals surface area contributed by atoms with Gasteiger partial charge in [0.05, 0.1) is 17.2 Å². The van der Waals surface area contributed by atoms with E-state index in [-0.39, 0.29) is 6.54 Å². The van der Waals surface area contributed by atoms with Crippen LogP contribution in [0.15, 0.2) is 5.38 Å². The second-order valence-corrected chi connectivity index (χ2v) is 5.44. The van der Waals surface area contributed by atoms with Crippen LogP contribution in [-0.4, -0.2) is 59.6 Å². The molecule has 1 N–H and O–H groups in total. The van der Waals surface area contributed by atoms with E-state index in [1.54, 1.807) is 11.3 Å². The first-order valence-electron chi connectivity index (χ1n) is 6.03. The number of carboxylic acid groups (broad SMARTS) is 1. The number of hydrogen-bond acceptors (Lipinski definition) is 5. The van der Waals surface area contributed by atoms with Crippen LogP contribution in [0.3, 0.4) is 0 Å². The summed E-state index contributed by atoms with van der Waals surface area (Å²) in [5.41, 5.74) is 0.969. The topological polar surface area (TPSA) is 56.7 Å². The summed E-state index contributed by atoms with van der Waals surface area (Å²) in [5, 5.41) is 12.0. The van der Waals surface area contributed by atoms with Crippen molar-refractivity contribution in [3.8, 4) is 0 Å². The number of nitrogens with zero attached hydrogens (tertiary/aromatic N) is 3. The van der Waals surface area contributed by atoms with Gasteiger partial charge in [0.25, 0.3) is 0 Å². The summed E-state index contributed by atoms with van der Waals surface area (Å²) < 4.78 is 0. The predicted octanol–water partition coefficient (Wildman–Crippen LogP) is 1.15. The molecule has 0 aliphatic rings. The van der Waals surface area contributed by atoms with Crippen molar-refractivity contribution in [3.63, 3.8) is 0 Å². The number of rotatable bonds is 8. The first kappa shape index (κ1) is 15.1. The number of aromatic nitrogens is 1. The summed E-state index contributed by atoms with van der Waals surface area (Å²) in [4.78, 5) is 19.3. The van der Waals surface area contributed by atoms with Gasteiger partial charge in [-0.3, -0.25) is 9.69 Å². The van der Waals surface area contributed by atoms with E-state index in [2.05, 4.69) is 11.9 Å². The van der Waals surface area contributed by atoms with Crippen LogP contribution in [0, 0.1) is 0 Å². The minimum absolute atomic E-state index is 0.0623. The quantitative estimate of drug-likeness (QED) is 0.769. The molecule has 0 unspecified atom stereocenters. The molecule has 1 aromatic rings. The molecule has 0 aliphatic heterocycles. The van der Waals surface area contributed by atoms with Crippen LogP contribution < -0.4 is 0 Å². The molecule has 0 atom stereocenters. The minimum atomic E-state index is -0.792. The first-order chi connectivity index (χ1) is 8.51. The highest BCUT2D eigenvalue weighted by atomic mass is 32.1. The van der Waals surface area contributed by atoms with Gasteiger partial charge >= 0.3 is 5.97 Å². The van der Waals surface area contributed by atoms with E-state index in [1.807, 2.05) is 29.3 Å². The van der Waals surface area contributed by atoms with Gasteiger partial charge in [0.2, 0.25) is 0 Å². The fourth-order valence-electron chi connectivity index (χ4n) is 1.56. The number of likely N-dealkylation sites (N-methyl/N-ethyl adjacent to an activating group) is 1. The van der Waals surface area contributed by atoms with Gasteiger partial charge in [-0.2, -0.15) is 0 Å². The van der Waals surface area contributed by atoms with Crippen LogP contribution in [-0.2, 0) is 17.8 Å². The van der Waals surface area contributed by atoms with Crippen molar-refractivity contribution in [2.24, 2.45) is 0 Å². The fraction of sp³-hybridized carbons (Fsp3) is 0.667. The summed E-state index contributed by atoms with van der Waals surface area (Å²) in [5.74, 6) is -0.792. The molecular weight excluding hydrogens is 250 g/mol. The van der Waals surface area contributed by atoms with E-state index < -0.39 is 5.97 Å². The van der Waals surface area contributed by atoms with E-state index in [4.69, 9.17) is 5.11 Å². The average molecular weight is 271 g/mol. The smallest absolute Gasteiger partial charge is 0.317 e. The molecule has 0 aromatic carbocycles. The molecule has 0 aliphatic carbocycles. The lowest BCUT2D eigenvalue weighted by Crippen LogP contribution is -2.35. The van der Waals surface area contributed by atoms with Crippen molar-refractivity contribution >= 4 is 17.3 Å². The number of hydrogen-bond donors (Lipinski definition) is 1. The van der Waals surface area contributed by atoms with Gasteiger partial charge in [-0.05, 0) is 20.5 Å². The molecule has 5 nitrogen and oxygen atoms in total. The highest BCUT2D eigenvalue weighted by molar-refractivity contribution is 7.09. The van der Waals surface area contributed by atoms with Gasteiger partial charge in [0.1, 0.15) is 0 Å². The molecule has 6 heteroatoms. The van der Waals surface area contributed by atoms with Crippen molar-refractivity contribution in [1.29, 1.82) is 0 Å². The first-order valence-corrected chi connectivity index (χ1v) is 6.91. The van der Waals surface area contributed by atoms with Crippen LogP contribution in [0.25, 0.3) is 0 Å². The zero-order valence-electron chi connectivity index (χ0n) is 11.2. The minimum Gasteiger partial charge on any atom is -0.480 e. The Kier molecular flexibility index (Phi) is 6.24. The SMILES string of the molecule is CCc1nc(CN(CCN(C)C)CC(=O)O)cs1. The molecule has 0 bridgehead atoms. The molecule has 0 amide bonds. The maximum absolute atomic E-state index is 10.8. The summed E-state index contributed by atoms with van der Waals surface area (Å²) in [6, 6.07) is 0. The summed E-state index contributed by atoms with van der Waals surface area (Å²) >= 11 is 1.64. The van der Waals surface area contributed by atoms with Gasteiger partial charge in [-0.1, -0.05) is 6.92 Å². The van der Waals surface area contributed by atoms with E-state index in [0.29, 0.717) is 6.54 Å². The highest BCUT2D eigenvalue weighted by Gasteiger charge is 2.12. The maximum atomic E-state index is 10.8. The second-order valence-electron chi connectivity index (χ2n) is 4.49. The third kappa shape index (κ3) is 5.57. The summed E-state index contributed by atoms with van der Waals surface area (Å²) in [7, 11) is 3.97. The molecule has 0 fully saturated rings. The lowest BCUT2D eigenvalue weighted by molar-refractivity contribution is -0.138. The van der Waals surface area contributed by atoms with Gasteiger partial charge < -0.3 is 10.0 Å². The monoisotopic (exact) mass is 271 g/mol. The Morgan fingerprint density at radius 3 is 2.67 bits per heavy atom. The number of carbonyl (C=O) groups is 1. The van der Waals surface area contributed by atoms with Crippen molar-refractivity contribution in [1.82, 2.24) is 14.8 Å². The van der Waals surface area contributed by atoms with Crippen molar-refractivity contribution in [2.75, 3.05) is 33.7 Å². The molecule has 18 heavy (non-hydrogen) atoms. The highest BCUT2D eigenvalue weighted by Crippen LogP contribution is 2.12. The predicted molar refractivity (Wildman–Crippen MR) is 73.0 cm³/mol. The summed E-state index contributed by atoms with van der Waals surface area (Å²) in [6.07, 6.45) is 0.932. The number of thiazole rings is 1. The molecule has 1 aromatic heterocycles. The molecule has 0 saturated carbocycles. The molecule has 0 saturated heterocycles. The van der Waals surface area contributed by atoms with E-state index in [9.17, 15) is 4.79 Å². The van der Waals surface area contributed by atoms with E-state index in [1.165, 1.54) is 0 Å². The van der Waals surface area contributed by atoms with Crippen LogP contribution >= 0.6 is 11.3 Å². The Morgan fingerprint density at radius 1 is 1.44 bits per heavy atom. The Bertz CT molecular complexity index is 379. The van der Waals surface area contributed by atoms with Crippen molar-refractivity contribution in [3.05, 3.63) is 16.1 Å². The fourth-order valence-corrected chi connectivity index (χ4v) is 2.30. The Labute approximate surface area is 112 Å². The van der Waals surface area contributed by atoms with E-state index >= 15 is 0 Å². The third-order valence-electron chi connectivity index (χ3n) is 2.51. The number of aryl methyl sites for hydroxylation is 1. The Hall–Kier alpha value is -0.980. The van der Waals surface area contributed by atoms with E-state index in [0.717, 1.165) is 30.2 Å². The molecule has 0 spiro atoms. The van der Waals surface area contributed by atoms with Gasteiger partial charge in [0.15, 0.2) is 0 Å². The zero-order valence-corrected chi connectivity index (χ0v) is 12.0. The largest absolute Gasteiger partial charge is 0.480 e. The van der Waals surface area contributed by atoms with Crippen LogP contribution in [0.5, 0.6) is 0 Å². The third-order valence-corrected chi connectivity index (χ3v) is 3.55. The number of carboxylic acids is 1. The van der Waals surface area contributed by atoms with Crippen molar-refractivity contribution in [2.45, 2.75) is 19.9 Å². The van der Waals surface area contributed by atoms with Crippen LogP contribution in [0.2, 0.25) is 0 Å². The molecule has 1 heterocycles. The zero-order chi connectivity index (χ0) is 13.5. The standard InChI is InChI=1S/C12H21N3O2S/c1-4-11-13-10(9-18-11)7-15(8-12(16)17)6-5-14(2)3/h9H,4-8H2,1-3H3,(H,16,17). The molecule has 0 radical (unpaired) electrons. The van der Waals surface area contributed by atoms with Gasteiger partial charge in [-0.25, -0.2) is 4.98 Å².